The first-order chi connectivity index (χ1) is 5.09. The van der Waals surface area contributed by atoms with Gasteiger partial charge in [0.15, 0.2) is 0 Å². The highest BCUT2D eigenvalue weighted by molar-refractivity contribution is 4.85. The lowest BCUT2D eigenvalue weighted by Crippen LogP contribution is -2.35. The topological polar surface area (TPSA) is 15.7 Å². The molecule has 0 spiro atoms. The highest BCUT2D eigenvalue weighted by atomic mass is 16.5. The van der Waals surface area contributed by atoms with Crippen molar-refractivity contribution in [2.45, 2.75) is 32.3 Å². The van der Waals surface area contributed by atoms with Gasteiger partial charge in [0, 0.05) is 13.2 Å². The van der Waals surface area contributed by atoms with Crippen LogP contribution >= 0.6 is 0 Å². The molecule has 1 saturated heterocycles. The van der Waals surface area contributed by atoms with Crippen LogP contribution in [0.1, 0.15) is 13.8 Å². The zero-order valence-corrected chi connectivity index (χ0v) is 8.03. The van der Waals surface area contributed by atoms with Crippen LogP contribution in [0.15, 0.2) is 0 Å². The zero-order chi connectivity index (χ0) is 8.59. The second kappa shape index (κ2) is 3.09. The van der Waals surface area contributed by atoms with E-state index in [4.69, 9.17) is 4.74 Å². The molecule has 0 amide bonds. The molecule has 3 unspecified atom stereocenters. The third-order valence-electron chi connectivity index (χ3n) is 2.88. The van der Waals surface area contributed by atoms with Crippen LogP contribution in [0.25, 0.3) is 0 Å². The maximum atomic E-state index is 5.36. The summed E-state index contributed by atoms with van der Waals surface area (Å²) in [6, 6.07) is 0.486. The maximum absolute atomic E-state index is 5.36. The minimum atomic E-state index is 0.245. The van der Waals surface area contributed by atoms with Crippen molar-refractivity contribution < 1.29 is 4.74 Å². The summed E-state index contributed by atoms with van der Waals surface area (Å²) in [7, 11) is 5.99. The second-order valence-corrected chi connectivity index (χ2v) is 3.33. The van der Waals surface area contributed by atoms with E-state index < -0.39 is 0 Å². The Morgan fingerprint density at radius 1 is 1.09 bits per heavy atom. The van der Waals surface area contributed by atoms with E-state index in [9.17, 15) is 0 Å². The molecule has 0 aromatic rings. The monoisotopic (exact) mass is 158 g/mol. The number of hydrogen-bond donors (Lipinski definition) is 0. The SMILES string of the molecule is COC1C(C)N(C)C(C)N1C. The molecule has 0 N–H and O–H groups in total. The average Bonchev–Trinajstić information content (AvgIpc) is 2.17. The molecular formula is C8H18N2O. The largest absolute Gasteiger partial charge is 0.365 e. The predicted octanol–water partition coefficient (Wildman–Crippen LogP) is 0.571. The summed E-state index contributed by atoms with van der Waals surface area (Å²) in [6.07, 6.45) is 0.727. The van der Waals surface area contributed by atoms with Crippen LogP contribution < -0.4 is 0 Å². The molecule has 1 aliphatic heterocycles. The summed E-state index contributed by atoms with van der Waals surface area (Å²) < 4.78 is 5.36. The molecule has 0 aliphatic carbocycles. The lowest BCUT2D eigenvalue weighted by atomic mass is 10.3. The smallest absolute Gasteiger partial charge is 0.126 e. The molecule has 11 heavy (non-hydrogen) atoms. The minimum absolute atomic E-state index is 0.245. The molecule has 1 heterocycles. The fourth-order valence-electron chi connectivity index (χ4n) is 1.74. The van der Waals surface area contributed by atoms with Gasteiger partial charge in [-0.3, -0.25) is 9.80 Å². The van der Waals surface area contributed by atoms with E-state index in [0.717, 1.165) is 0 Å². The molecule has 3 atom stereocenters. The van der Waals surface area contributed by atoms with Crippen molar-refractivity contribution in [3.8, 4) is 0 Å². The molecule has 66 valence electrons. The molecule has 0 aromatic heterocycles. The van der Waals surface area contributed by atoms with Crippen LogP contribution in [0.3, 0.4) is 0 Å². The van der Waals surface area contributed by atoms with Crippen LogP contribution in [0.2, 0.25) is 0 Å². The van der Waals surface area contributed by atoms with Gasteiger partial charge in [-0.2, -0.15) is 0 Å². The number of hydrogen-bond acceptors (Lipinski definition) is 3. The van der Waals surface area contributed by atoms with Crippen LogP contribution in [0, 0.1) is 0 Å². The Balaban J connectivity index is 2.69. The van der Waals surface area contributed by atoms with Gasteiger partial charge in [0.1, 0.15) is 6.23 Å². The van der Waals surface area contributed by atoms with E-state index in [1.54, 1.807) is 7.11 Å². The van der Waals surface area contributed by atoms with Crippen molar-refractivity contribution in [2.75, 3.05) is 21.2 Å². The van der Waals surface area contributed by atoms with Gasteiger partial charge in [0.05, 0.1) is 6.17 Å². The Labute approximate surface area is 68.9 Å². The van der Waals surface area contributed by atoms with Crippen LogP contribution in [-0.4, -0.2) is 49.4 Å². The van der Waals surface area contributed by atoms with Gasteiger partial charge >= 0.3 is 0 Å². The number of likely N-dealkylation sites (N-methyl/N-ethyl adjacent to an activating group) is 2. The molecular weight excluding hydrogens is 140 g/mol. The standard InChI is InChI=1S/C8H18N2O/c1-6-8(11-5)10(4)7(2)9(6)3/h6-8H,1-5H3. The first kappa shape index (κ1) is 8.97. The van der Waals surface area contributed by atoms with E-state index in [2.05, 4.69) is 37.7 Å². The Kier molecular flexibility index (Phi) is 2.52. The summed E-state index contributed by atoms with van der Waals surface area (Å²) in [5, 5.41) is 0. The number of rotatable bonds is 1. The van der Waals surface area contributed by atoms with Gasteiger partial charge in [-0.1, -0.05) is 0 Å². The van der Waals surface area contributed by atoms with E-state index in [1.807, 2.05) is 0 Å². The van der Waals surface area contributed by atoms with Gasteiger partial charge in [-0.15, -0.1) is 0 Å². The van der Waals surface area contributed by atoms with Gasteiger partial charge in [0.25, 0.3) is 0 Å². The summed E-state index contributed by atoms with van der Waals surface area (Å²) in [4.78, 5) is 4.55. The Morgan fingerprint density at radius 3 is 1.82 bits per heavy atom. The molecule has 1 fully saturated rings. The van der Waals surface area contributed by atoms with Crippen molar-refractivity contribution in [1.29, 1.82) is 0 Å². The molecule has 3 heteroatoms. The Hall–Kier alpha value is -0.120. The Morgan fingerprint density at radius 2 is 1.64 bits per heavy atom. The van der Waals surface area contributed by atoms with Crippen molar-refractivity contribution in [3.63, 3.8) is 0 Å². The molecule has 1 aliphatic rings. The normalized spacial score (nSPS) is 41.7. The van der Waals surface area contributed by atoms with Crippen LogP contribution in [-0.2, 0) is 4.74 Å². The Bertz CT molecular complexity index is 126. The lowest BCUT2D eigenvalue weighted by Gasteiger charge is -2.21. The van der Waals surface area contributed by atoms with Crippen molar-refractivity contribution in [2.24, 2.45) is 0 Å². The molecule has 0 radical (unpaired) electrons. The number of methoxy groups -OCH3 is 1. The fourth-order valence-corrected chi connectivity index (χ4v) is 1.74. The number of ether oxygens (including phenoxy) is 1. The zero-order valence-electron chi connectivity index (χ0n) is 8.03. The molecule has 0 saturated carbocycles. The average molecular weight is 158 g/mol. The number of nitrogens with zero attached hydrogens (tertiary/aromatic N) is 2. The fraction of sp³-hybridized carbons (Fsp3) is 1.00. The predicted molar refractivity (Wildman–Crippen MR) is 45.2 cm³/mol. The lowest BCUT2D eigenvalue weighted by molar-refractivity contribution is -0.00780. The molecule has 1 rings (SSSR count). The van der Waals surface area contributed by atoms with Crippen molar-refractivity contribution >= 4 is 0 Å². The van der Waals surface area contributed by atoms with Crippen LogP contribution in [0.4, 0.5) is 0 Å². The van der Waals surface area contributed by atoms with Crippen LogP contribution in [0.5, 0.6) is 0 Å². The maximum Gasteiger partial charge on any atom is 0.126 e. The van der Waals surface area contributed by atoms with Gasteiger partial charge in [-0.05, 0) is 27.9 Å². The van der Waals surface area contributed by atoms with E-state index in [1.165, 1.54) is 0 Å². The second-order valence-electron chi connectivity index (χ2n) is 3.33. The van der Waals surface area contributed by atoms with E-state index in [-0.39, 0.29) is 6.23 Å². The van der Waals surface area contributed by atoms with Gasteiger partial charge < -0.3 is 4.74 Å². The summed E-state index contributed by atoms with van der Waals surface area (Å²) in [5.74, 6) is 0. The molecule has 3 nitrogen and oxygen atoms in total. The highest BCUT2D eigenvalue weighted by Crippen LogP contribution is 2.22. The first-order valence-corrected chi connectivity index (χ1v) is 4.06. The third-order valence-corrected chi connectivity index (χ3v) is 2.88. The first-order valence-electron chi connectivity index (χ1n) is 4.06. The van der Waals surface area contributed by atoms with Gasteiger partial charge in [-0.25, -0.2) is 0 Å². The highest BCUT2D eigenvalue weighted by Gasteiger charge is 2.37. The third kappa shape index (κ3) is 1.28. The summed E-state index contributed by atoms with van der Waals surface area (Å²) in [5.41, 5.74) is 0. The quantitative estimate of drug-likeness (QED) is 0.555. The minimum Gasteiger partial charge on any atom is -0.365 e. The molecule has 0 bridgehead atoms. The summed E-state index contributed by atoms with van der Waals surface area (Å²) >= 11 is 0. The van der Waals surface area contributed by atoms with E-state index in [0.29, 0.717) is 12.2 Å². The van der Waals surface area contributed by atoms with Crippen molar-refractivity contribution in [3.05, 3.63) is 0 Å². The summed E-state index contributed by atoms with van der Waals surface area (Å²) in [6.45, 7) is 4.38. The van der Waals surface area contributed by atoms with Gasteiger partial charge in [0.2, 0.25) is 0 Å². The van der Waals surface area contributed by atoms with E-state index >= 15 is 0 Å². The van der Waals surface area contributed by atoms with Crippen molar-refractivity contribution in [1.82, 2.24) is 9.80 Å². The molecule has 0 aromatic carbocycles.